The highest BCUT2D eigenvalue weighted by molar-refractivity contribution is 5.83. The van der Waals surface area contributed by atoms with E-state index in [0.29, 0.717) is 12.5 Å². The maximum absolute atomic E-state index is 8.90. The molecule has 108 valence electrons. The molecular weight excluding hydrogens is 268 g/mol. The minimum absolute atomic E-state index is 0.181. The summed E-state index contributed by atoms with van der Waals surface area (Å²) in [6.07, 6.45) is 2.55. The summed E-state index contributed by atoms with van der Waals surface area (Å²) in [5, 5.41) is 13.0. The van der Waals surface area contributed by atoms with Gasteiger partial charge in [0, 0.05) is 12.5 Å². The van der Waals surface area contributed by atoms with Gasteiger partial charge in [0.15, 0.2) is 5.89 Å². The van der Waals surface area contributed by atoms with Gasteiger partial charge < -0.3 is 9.15 Å². The van der Waals surface area contributed by atoms with Crippen molar-refractivity contribution in [2.24, 2.45) is 5.10 Å². The number of aromatic nitrogens is 1. The smallest absolute Gasteiger partial charge is 0.252 e. The first-order valence-corrected chi connectivity index (χ1v) is 6.63. The van der Waals surface area contributed by atoms with E-state index in [4.69, 9.17) is 14.4 Å². The van der Waals surface area contributed by atoms with Crippen LogP contribution in [0, 0.1) is 18.3 Å². The van der Waals surface area contributed by atoms with Crippen LogP contribution in [-0.4, -0.2) is 17.8 Å². The molecule has 2 rings (SSSR count). The van der Waals surface area contributed by atoms with Gasteiger partial charge >= 0.3 is 0 Å². The van der Waals surface area contributed by atoms with Gasteiger partial charge in [-0.15, -0.1) is 0 Å². The Balaban J connectivity index is 2.09. The number of hydrogen-bond donors (Lipinski definition) is 1. The Kier molecular flexibility index (Phi) is 4.94. The zero-order chi connectivity index (χ0) is 15.1. The van der Waals surface area contributed by atoms with E-state index in [2.05, 4.69) is 15.5 Å². The van der Waals surface area contributed by atoms with Crippen molar-refractivity contribution in [3.8, 4) is 11.8 Å². The second-order valence-electron chi connectivity index (χ2n) is 4.28. The molecule has 0 fully saturated rings. The van der Waals surface area contributed by atoms with Gasteiger partial charge in [-0.2, -0.15) is 10.4 Å². The van der Waals surface area contributed by atoms with E-state index in [-0.39, 0.29) is 11.6 Å². The van der Waals surface area contributed by atoms with Crippen LogP contribution < -0.4 is 10.2 Å². The summed E-state index contributed by atoms with van der Waals surface area (Å²) in [4.78, 5) is 3.92. The predicted molar refractivity (Wildman–Crippen MR) is 79.4 cm³/mol. The fourth-order valence-electron chi connectivity index (χ4n) is 1.67. The minimum Gasteiger partial charge on any atom is -0.493 e. The van der Waals surface area contributed by atoms with Crippen LogP contribution >= 0.6 is 0 Å². The number of rotatable bonds is 6. The molecule has 0 aliphatic heterocycles. The number of nitrogens with one attached hydrogen (secondary N) is 1. The molecular formula is C15H16N4O2. The highest BCUT2D eigenvalue weighted by atomic mass is 16.5. The van der Waals surface area contributed by atoms with Gasteiger partial charge in [-0.25, -0.2) is 10.4 Å². The second kappa shape index (κ2) is 7.10. The monoisotopic (exact) mass is 284 g/mol. The minimum atomic E-state index is 0.181. The lowest BCUT2D eigenvalue weighted by molar-refractivity contribution is 0.317. The fourth-order valence-corrected chi connectivity index (χ4v) is 1.67. The van der Waals surface area contributed by atoms with Crippen molar-refractivity contribution < 1.29 is 9.15 Å². The van der Waals surface area contributed by atoms with Crippen LogP contribution in [0.4, 0.5) is 5.88 Å². The molecule has 0 amide bonds. The van der Waals surface area contributed by atoms with Crippen molar-refractivity contribution in [3.63, 3.8) is 0 Å². The highest BCUT2D eigenvalue weighted by Gasteiger charge is 2.09. The van der Waals surface area contributed by atoms with Gasteiger partial charge in [0.05, 0.1) is 12.8 Å². The first-order chi connectivity index (χ1) is 10.2. The molecule has 0 bridgehead atoms. The van der Waals surface area contributed by atoms with Crippen molar-refractivity contribution >= 4 is 12.1 Å². The lowest BCUT2D eigenvalue weighted by atomic mass is 10.2. The van der Waals surface area contributed by atoms with Gasteiger partial charge in [-0.05, 0) is 18.6 Å². The Hall–Kier alpha value is -2.81. The van der Waals surface area contributed by atoms with Crippen LogP contribution in [0.25, 0.3) is 0 Å². The third-order valence-corrected chi connectivity index (χ3v) is 2.59. The molecule has 0 unspecified atom stereocenters. The molecule has 2 aromatic rings. The predicted octanol–water partition coefficient (Wildman–Crippen LogP) is 3.09. The van der Waals surface area contributed by atoms with E-state index in [1.807, 2.05) is 37.3 Å². The molecule has 0 aliphatic rings. The quantitative estimate of drug-likeness (QED) is 0.651. The summed E-state index contributed by atoms with van der Waals surface area (Å²) < 4.78 is 10.9. The summed E-state index contributed by atoms with van der Waals surface area (Å²) in [5.41, 5.74) is 3.70. The van der Waals surface area contributed by atoms with Crippen LogP contribution in [0.3, 0.4) is 0 Å². The summed E-state index contributed by atoms with van der Waals surface area (Å²) >= 11 is 0. The summed E-state index contributed by atoms with van der Waals surface area (Å²) in [6, 6.07) is 9.53. The number of anilines is 1. The van der Waals surface area contributed by atoms with Crippen LogP contribution in [0.15, 0.2) is 33.8 Å². The van der Waals surface area contributed by atoms with Gasteiger partial charge in [0.2, 0.25) is 5.69 Å². The Morgan fingerprint density at radius 1 is 1.48 bits per heavy atom. The average Bonchev–Trinajstić information content (AvgIpc) is 2.86. The molecule has 0 saturated heterocycles. The average molecular weight is 284 g/mol. The molecule has 1 aromatic carbocycles. The van der Waals surface area contributed by atoms with Crippen LogP contribution in [0.5, 0.6) is 5.75 Å². The van der Waals surface area contributed by atoms with Crippen molar-refractivity contribution in [3.05, 3.63) is 41.4 Å². The first kappa shape index (κ1) is 14.6. The third-order valence-electron chi connectivity index (χ3n) is 2.59. The molecule has 0 aliphatic carbocycles. The van der Waals surface area contributed by atoms with Crippen LogP contribution in [0.1, 0.15) is 30.5 Å². The van der Waals surface area contributed by atoms with Crippen molar-refractivity contribution in [2.45, 2.75) is 20.3 Å². The number of hydrogen-bond acceptors (Lipinski definition) is 6. The molecule has 0 saturated carbocycles. The van der Waals surface area contributed by atoms with Gasteiger partial charge in [-0.1, -0.05) is 19.1 Å². The van der Waals surface area contributed by atoms with Crippen molar-refractivity contribution in [1.29, 1.82) is 5.26 Å². The molecule has 0 spiro atoms. The number of ether oxygens (including phenoxy) is 1. The molecule has 6 heteroatoms. The molecule has 1 aromatic heterocycles. The number of oxazole rings is 1. The Morgan fingerprint density at radius 2 is 2.29 bits per heavy atom. The largest absolute Gasteiger partial charge is 0.493 e. The number of nitrogens with zero attached hydrogens (tertiary/aromatic N) is 3. The molecule has 0 radical (unpaired) electrons. The standard InChI is InChI=1S/C15H16N4O2/c1-3-8-20-14-7-5-4-6-12(14)10-17-19-15-13(9-16)18-11(2)21-15/h4-7,10,19H,3,8H2,1-2H3/b17-10+. The number of benzene rings is 1. The zero-order valence-electron chi connectivity index (χ0n) is 12.0. The Morgan fingerprint density at radius 3 is 3.05 bits per heavy atom. The van der Waals surface area contributed by atoms with E-state index in [0.717, 1.165) is 17.7 Å². The summed E-state index contributed by atoms with van der Waals surface area (Å²) in [6.45, 7) is 4.37. The molecule has 21 heavy (non-hydrogen) atoms. The van der Waals surface area contributed by atoms with Crippen molar-refractivity contribution in [1.82, 2.24) is 4.98 Å². The Bertz CT molecular complexity index is 671. The van der Waals surface area contributed by atoms with Crippen LogP contribution in [0.2, 0.25) is 0 Å². The highest BCUT2D eigenvalue weighted by Crippen LogP contribution is 2.18. The number of hydrazone groups is 1. The van der Waals surface area contributed by atoms with Gasteiger partial charge in [-0.3, -0.25) is 0 Å². The fraction of sp³-hybridized carbons (Fsp3) is 0.267. The molecule has 6 nitrogen and oxygen atoms in total. The number of aryl methyl sites for hydroxylation is 1. The summed E-state index contributed by atoms with van der Waals surface area (Å²) in [5.74, 6) is 1.41. The number of para-hydroxylation sites is 1. The maximum atomic E-state index is 8.90. The van der Waals surface area contributed by atoms with E-state index in [1.54, 1.807) is 13.1 Å². The van der Waals surface area contributed by atoms with E-state index in [1.165, 1.54) is 0 Å². The second-order valence-corrected chi connectivity index (χ2v) is 4.28. The van der Waals surface area contributed by atoms with Gasteiger partial charge in [0.1, 0.15) is 11.8 Å². The zero-order valence-corrected chi connectivity index (χ0v) is 12.0. The molecule has 0 atom stereocenters. The van der Waals surface area contributed by atoms with E-state index in [9.17, 15) is 0 Å². The van der Waals surface area contributed by atoms with E-state index < -0.39 is 0 Å². The normalized spacial score (nSPS) is 10.5. The SMILES string of the molecule is CCCOc1ccccc1/C=N/Nc1oc(C)nc1C#N. The molecule has 1 heterocycles. The van der Waals surface area contributed by atoms with Crippen LogP contribution in [-0.2, 0) is 0 Å². The Labute approximate surface area is 123 Å². The maximum Gasteiger partial charge on any atom is 0.252 e. The molecule has 1 N–H and O–H groups in total. The lowest BCUT2D eigenvalue weighted by Crippen LogP contribution is -1.99. The summed E-state index contributed by atoms with van der Waals surface area (Å²) in [7, 11) is 0. The topological polar surface area (TPSA) is 83.4 Å². The van der Waals surface area contributed by atoms with E-state index >= 15 is 0 Å². The first-order valence-electron chi connectivity index (χ1n) is 6.63. The van der Waals surface area contributed by atoms with Gasteiger partial charge in [0.25, 0.3) is 5.88 Å². The van der Waals surface area contributed by atoms with Crippen molar-refractivity contribution in [2.75, 3.05) is 12.0 Å². The number of nitriles is 1. The third kappa shape index (κ3) is 3.83. The lowest BCUT2D eigenvalue weighted by Gasteiger charge is -2.07.